The van der Waals surface area contributed by atoms with Crippen molar-refractivity contribution < 1.29 is 4.79 Å². The van der Waals surface area contributed by atoms with Crippen LogP contribution < -0.4 is 0 Å². The lowest BCUT2D eigenvalue weighted by atomic mass is 10.2. The zero-order valence-electron chi connectivity index (χ0n) is 7.42. The lowest BCUT2D eigenvalue weighted by molar-refractivity contribution is 0.100. The number of allylic oxidation sites excluding steroid dienone is 1. The Bertz CT molecular complexity index is 400. The first-order chi connectivity index (χ1) is 6.63. The molecule has 0 aromatic heterocycles. The average Bonchev–Trinajstić information content (AvgIpc) is 2.12. The van der Waals surface area contributed by atoms with Crippen LogP contribution in [0, 0.1) is 0 Å². The molecule has 72 valence electrons. The summed E-state index contributed by atoms with van der Waals surface area (Å²) in [4.78, 5) is 14.9. The third-order valence-corrected chi connectivity index (χ3v) is 1.84. The number of rotatable bonds is 1. The Morgan fingerprint density at radius 1 is 1.36 bits per heavy atom. The van der Waals surface area contributed by atoms with Crippen LogP contribution in [0.1, 0.15) is 17.3 Å². The van der Waals surface area contributed by atoms with Gasteiger partial charge in [-0.1, -0.05) is 23.2 Å². The van der Waals surface area contributed by atoms with Gasteiger partial charge < -0.3 is 0 Å². The van der Waals surface area contributed by atoms with Gasteiger partial charge in [0.1, 0.15) is 0 Å². The van der Waals surface area contributed by atoms with Crippen LogP contribution in [-0.2, 0) is 0 Å². The van der Waals surface area contributed by atoms with E-state index in [1.165, 1.54) is 12.1 Å². The van der Waals surface area contributed by atoms with E-state index in [0.29, 0.717) is 15.6 Å². The Morgan fingerprint density at radius 2 is 1.93 bits per heavy atom. The van der Waals surface area contributed by atoms with E-state index in [4.69, 9.17) is 23.2 Å². The molecular formula is C10H7Cl2NO. The molecule has 2 nitrogen and oxygen atoms in total. The first-order valence-electron chi connectivity index (χ1n) is 3.88. The van der Waals surface area contributed by atoms with E-state index in [9.17, 15) is 4.79 Å². The molecule has 0 aliphatic rings. The summed E-state index contributed by atoms with van der Waals surface area (Å²) >= 11 is 11.4. The molecule has 1 amide bonds. The zero-order chi connectivity index (χ0) is 10.6. The molecule has 0 aliphatic carbocycles. The monoisotopic (exact) mass is 227 g/mol. The highest BCUT2D eigenvalue weighted by Gasteiger charge is 2.05. The minimum atomic E-state index is -0.410. The maximum atomic E-state index is 11.3. The number of halogens is 2. The van der Waals surface area contributed by atoms with Gasteiger partial charge in [0.15, 0.2) is 0 Å². The molecule has 0 saturated heterocycles. The van der Waals surface area contributed by atoms with Crippen LogP contribution >= 0.6 is 23.2 Å². The molecule has 1 aromatic rings. The molecular weight excluding hydrogens is 221 g/mol. The number of hydrogen-bond acceptors (Lipinski definition) is 1. The van der Waals surface area contributed by atoms with E-state index in [0.717, 1.165) is 0 Å². The van der Waals surface area contributed by atoms with Gasteiger partial charge in [0.2, 0.25) is 0 Å². The van der Waals surface area contributed by atoms with Gasteiger partial charge >= 0.3 is 0 Å². The van der Waals surface area contributed by atoms with Crippen LogP contribution in [-0.4, -0.2) is 11.8 Å². The van der Waals surface area contributed by atoms with Gasteiger partial charge in [-0.3, -0.25) is 4.79 Å². The molecule has 1 aromatic carbocycles. The minimum Gasteiger partial charge on any atom is -0.266 e. The van der Waals surface area contributed by atoms with E-state index in [2.05, 4.69) is 10.9 Å². The van der Waals surface area contributed by atoms with Gasteiger partial charge in [-0.05, 0) is 37.1 Å². The SMILES string of the molecule is CC=C=NC(=O)c1cc(Cl)cc(Cl)c1. The molecule has 0 bridgehead atoms. The largest absolute Gasteiger partial charge is 0.285 e. The van der Waals surface area contributed by atoms with Crippen molar-refractivity contribution in [3.05, 3.63) is 39.9 Å². The number of carbonyl (C=O) groups excluding carboxylic acids is 1. The van der Waals surface area contributed by atoms with Crippen molar-refractivity contribution in [3.63, 3.8) is 0 Å². The Balaban J connectivity index is 3.07. The van der Waals surface area contributed by atoms with Gasteiger partial charge in [0, 0.05) is 15.6 Å². The molecule has 0 unspecified atom stereocenters. The molecule has 0 heterocycles. The van der Waals surface area contributed by atoms with E-state index in [1.54, 1.807) is 19.1 Å². The van der Waals surface area contributed by atoms with E-state index in [1.807, 2.05) is 0 Å². The van der Waals surface area contributed by atoms with Crippen molar-refractivity contribution in [2.75, 3.05) is 0 Å². The first-order valence-corrected chi connectivity index (χ1v) is 4.63. The summed E-state index contributed by atoms with van der Waals surface area (Å²) in [5.74, 6) is 2.04. The van der Waals surface area contributed by atoms with Crippen molar-refractivity contribution in [3.8, 4) is 0 Å². The molecule has 0 atom stereocenters. The molecule has 0 radical (unpaired) electrons. The standard InChI is InChI=1S/C10H7Cl2NO/c1-2-3-13-10(14)7-4-8(11)6-9(12)5-7/h2,4-6H,1H3. The van der Waals surface area contributed by atoms with Gasteiger partial charge in [-0.25, -0.2) is 0 Å². The second-order valence-electron chi connectivity index (χ2n) is 2.49. The molecule has 0 fully saturated rings. The number of hydrogen-bond donors (Lipinski definition) is 0. The number of nitrogens with zero attached hydrogens (tertiary/aromatic N) is 1. The lowest BCUT2D eigenvalue weighted by Gasteiger charge is -1.96. The van der Waals surface area contributed by atoms with Crippen LogP contribution in [0.15, 0.2) is 29.3 Å². The fourth-order valence-corrected chi connectivity index (χ4v) is 1.39. The van der Waals surface area contributed by atoms with Gasteiger partial charge in [-0.15, -0.1) is 0 Å². The number of benzene rings is 1. The summed E-state index contributed by atoms with van der Waals surface area (Å²) in [6.45, 7) is 1.72. The number of carbonyl (C=O) groups is 1. The second kappa shape index (κ2) is 4.97. The average molecular weight is 228 g/mol. The van der Waals surface area contributed by atoms with Crippen molar-refractivity contribution >= 4 is 35.0 Å². The van der Waals surface area contributed by atoms with E-state index >= 15 is 0 Å². The van der Waals surface area contributed by atoms with Gasteiger partial charge in [0.05, 0.1) is 0 Å². The molecule has 4 heteroatoms. The molecule has 0 N–H and O–H groups in total. The highest BCUT2D eigenvalue weighted by atomic mass is 35.5. The van der Waals surface area contributed by atoms with Crippen LogP contribution in [0.4, 0.5) is 0 Å². The van der Waals surface area contributed by atoms with Crippen LogP contribution in [0.5, 0.6) is 0 Å². The fraction of sp³-hybridized carbons (Fsp3) is 0.100. The maximum Gasteiger partial charge on any atom is 0.285 e. The first kappa shape index (κ1) is 11.0. The second-order valence-corrected chi connectivity index (χ2v) is 3.37. The number of aliphatic imine (C=N–C) groups is 1. The predicted octanol–water partition coefficient (Wildman–Crippen LogP) is 3.38. The summed E-state index contributed by atoms with van der Waals surface area (Å²) in [6, 6.07) is 4.58. The molecule has 0 spiro atoms. The quantitative estimate of drug-likeness (QED) is 0.677. The zero-order valence-corrected chi connectivity index (χ0v) is 8.93. The Hall–Kier alpha value is -1.08. The van der Waals surface area contributed by atoms with Crippen LogP contribution in [0.2, 0.25) is 10.0 Å². The van der Waals surface area contributed by atoms with E-state index < -0.39 is 5.91 Å². The lowest BCUT2D eigenvalue weighted by Crippen LogP contribution is -1.93. The normalized spacial score (nSPS) is 9.07. The Kier molecular flexibility index (Phi) is 3.90. The molecule has 0 saturated carbocycles. The van der Waals surface area contributed by atoms with Gasteiger partial charge in [-0.2, -0.15) is 4.99 Å². The highest BCUT2D eigenvalue weighted by molar-refractivity contribution is 6.35. The Morgan fingerprint density at radius 3 is 2.43 bits per heavy atom. The smallest absolute Gasteiger partial charge is 0.266 e. The summed E-state index contributed by atoms with van der Waals surface area (Å²) < 4.78 is 0. The van der Waals surface area contributed by atoms with Crippen molar-refractivity contribution in [1.29, 1.82) is 0 Å². The van der Waals surface area contributed by atoms with E-state index in [-0.39, 0.29) is 0 Å². The third-order valence-electron chi connectivity index (χ3n) is 1.40. The highest BCUT2D eigenvalue weighted by Crippen LogP contribution is 2.19. The number of amides is 1. The summed E-state index contributed by atoms with van der Waals surface area (Å²) in [7, 11) is 0. The maximum absolute atomic E-state index is 11.3. The predicted molar refractivity (Wildman–Crippen MR) is 58.5 cm³/mol. The Labute approximate surface area is 91.9 Å². The topological polar surface area (TPSA) is 29.4 Å². The van der Waals surface area contributed by atoms with Gasteiger partial charge in [0.25, 0.3) is 5.91 Å². The van der Waals surface area contributed by atoms with Crippen molar-refractivity contribution in [2.45, 2.75) is 6.92 Å². The van der Waals surface area contributed by atoms with Crippen molar-refractivity contribution in [1.82, 2.24) is 0 Å². The summed E-state index contributed by atoms with van der Waals surface area (Å²) in [5.41, 5.74) is 0.358. The fourth-order valence-electron chi connectivity index (χ4n) is 0.865. The summed E-state index contributed by atoms with van der Waals surface area (Å²) in [5, 5.41) is 0.827. The molecule has 1 rings (SSSR count). The van der Waals surface area contributed by atoms with Crippen molar-refractivity contribution in [2.24, 2.45) is 4.99 Å². The molecule has 0 aliphatic heterocycles. The molecule has 14 heavy (non-hydrogen) atoms. The summed E-state index contributed by atoms with van der Waals surface area (Å²) in [6.07, 6.45) is 1.55. The van der Waals surface area contributed by atoms with Crippen LogP contribution in [0.3, 0.4) is 0 Å². The van der Waals surface area contributed by atoms with Crippen LogP contribution in [0.25, 0.3) is 0 Å². The third kappa shape index (κ3) is 3.00. The minimum absolute atomic E-state index is 0.358.